The van der Waals surface area contributed by atoms with Gasteiger partial charge in [0, 0.05) is 29.5 Å². The van der Waals surface area contributed by atoms with E-state index >= 15 is 0 Å². The Balaban J connectivity index is 1.53. The van der Waals surface area contributed by atoms with Crippen LogP contribution in [0.5, 0.6) is 0 Å². The Morgan fingerprint density at radius 1 is 1.06 bits per heavy atom. The lowest BCUT2D eigenvalue weighted by molar-refractivity contribution is -0.258. The van der Waals surface area contributed by atoms with E-state index in [2.05, 4.69) is 6.07 Å². The van der Waals surface area contributed by atoms with Crippen LogP contribution in [0.2, 0.25) is 0 Å². The van der Waals surface area contributed by atoms with E-state index in [1.54, 1.807) is 18.2 Å². The zero-order valence-electron chi connectivity index (χ0n) is 19.5. The van der Waals surface area contributed by atoms with Gasteiger partial charge in [0.2, 0.25) is 0 Å². The molecule has 2 fully saturated rings. The second-order valence-corrected chi connectivity index (χ2v) is 9.92. The quantitative estimate of drug-likeness (QED) is 0.508. The first-order valence-corrected chi connectivity index (χ1v) is 11.8. The predicted molar refractivity (Wildman–Crippen MR) is 122 cm³/mol. The molecule has 8 heteroatoms. The molecule has 2 aliphatic carbocycles. The molecule has 4 nitrogen and oxygen atoms in total. The van der Waals surface area contributed by atoms with Crippen molar-refractivity contribution in [3.8, 4) is 6.07 Å². The minimum Gasteiger partial charge on any atom is -0.376 e. The van der Waals surface area contributed by atoms with Crippen molar-refractivity contribution in [1.82, 2.24) is 4.90 Å². The lowest BCUT2D eigenvalue weighted by atomic mass is 9.66. The molecule has 0 radical (unpaired) electrons. The average Bonchev–Trinajstić information content (AvgIpc) is 3.65. The Bertz CT molecular complexity index is 1110. The van der Waals surface area contributed by atoms with Crippen molar-refractivity contribution in [1.29, 1.82) is 5.26 Å². The third-order valence-corrected chi connectivity index (χ3v) is 7.59. The molecule has 0 saturated heterocycles. The maximum atomic E-state index is 14.6. The molecule has 186 valence electrons. The number of aliphatic hydroxyl groups is 1. The molecule has 0 aliphatic heterocycles. The zero-order valence-corrected chi connectivity index (χ0v) is 19.5. The first-order chi connectivity index (χ1) is 16.5. The Morgan fingerprint density at radius 3 is 2.14 bits per heavy atom. The lowest BCUT2D eigenvalue weighted by Crippen LogP contribution is -2.46. The van der Waals surface area contributed by atoms with Crippen molar-refractivity contribution in [2.45, 2.75) is 81.1 Å². The van der Waals surface area contributed by atoms with E-state index in [-0.39, 0.29) is 41.4 Å². The highest BCUT2D eigenvalue weighted by Crippen LogP contribution is 2.46. The van der Waals surface area contributed by atoms with E-state index in [0.717, 1.165) is 25.0 Å². The summed E-state index contributed by atoms with van der Waals surface area (Å²) in [5.74, 6) is -0.583. The lowest BCUT2D eigenvalue weighted by Gasteiger charge is -2.43. The number of amides is 1. The summed E-state index contributed by atoms with van der Waals surface area (Å²) < 4.78 is 54.1. The molecule has 1 amide bonds. The third kappa shape index (κ3) is 4.79. The highest BCUT2D eigenvalue weighted by Gasteiger charge is 2.51. The van der Waals surface area contributed by atoms with E-state index in [1.165, 1.54) is 18.2 Å². The normalized spacial score (nSPS) is 24.3. The fourth-order valence-electron chi connectivity index (χ4n) is 5.25. The highest BCUT2D eigenvalue weighted by molar-refractivity contribution is 5.95. The molecular formula is C27H28F4N2O2. The molecule has 0 unspecified atom stereocenters. The van der Waals surface area contributed by atoms with Crippen molar-refractivity contribution >= 4 is 5.91 Å². The standard InChI is InChI=1S/C27H28F4N2O2/c1-25(35,27(29,30)31)19-8-6-18(7-9-19)24(34)33(20-10-11-20)21-12-14-26(15-13-21,16-17-32)22-4-2-3-5-23(22)28/h2-9,20-21,35H,10-16H2,1H3/t21-,25-,26+/m0/s1. The molecular weight excluding hydrogens is 460 g/mol. The van der Waals surface area contributed by atoms with Crippen molar-refractivity contribution in [2.75, 3.05) is 0 Å². The van der Waals surface area contributed by atoms with Crippen LogP contribution in [0.3, 0.4) is 0 Å². The number of hydrogen-bond donors (Lipinski definition) is 1. The molecule has 2 aromatic rings. The van der Waals surface area contributed by atoms with Gasteiger partial charge < -0.3 is 10.0 Å². The molecule has 4 rings (SSSR count). The SMILES string of the molecule is C[C@](O)(c1ccc(C(=O)N(C2CC2)[C@H]2CC[C@@](CC#N)(c3ccccc3F)CC2)cc1)C(F)(F)F. The summed E-state index contributed by atoms with van der Waals surface area (Å²) in [7, 11) is 0. The molecule has 0 bridgehead atoms. The van der Waals surface area contributed by atoms with Crippen LogP contribution >= 0.6 is 0 Å². The van der Waals surface area contributed by atoms with Crippen LogP contribution in [0.4, 0.5) is 17.6 Å². The first-order valence-electron chi connectivity index (χ1n) is 11.8. The first kappa shape index (κ1) is 25.2. The van der Waals surface area contributed by atoms with Crippen molar-refractivity contribution in [3.63, 3.8) is 0 Å². The Hall–Kier alpha value is -2.92. The van der Waals surface area contributed by atoms with Crippen LogP contribution in [0.25, 0.3) is 0 Å². The number of carbonyl (C=O) groups is 1. The van der Waals surface area contributed by atoms with Gasteiger partial charge in [0.15, 0.2) is 5.60 Å². The summed E-state index contributed by atoms with van der Waals surface area (Å²) in [5.41, 5.74) is -3.13. The molecule has 1 atom stereocenters. The monoisotopic (exact) mass is 488 g/mol. The summed E-state index contributed by atoms with van der Waals surface area (Å²) in [6.45, 7) is 0.686. The number of alkyl halides is 3. The molecule has 35 heavy (non-hydrogen) atoms. The molecule has 2 aliphatic rings. The van der Waals surface area contributed by atoms with Crippen LogP contribution in [0.15, 0.2) is 48.5 Å². The van der Waals surface area contributed by atoms with Gasteiger partial charge in [0.05, 0.1) is 6.07 Å². The van der Waals surface area contributed by atoms with Crippen LogP contribution in [0.1, 0.15) is 73.4 Å². The number of carbonyl (C=O) groups excluding carboxylic acids is 1. The van der Waals surface area contributed by atoms with E-state index in [1.807, 2.05) is 4.90 Å². The molecule has 0 heterocycles. The second-order valence-electron chi connectivity index (χ2n) is 9.92. The summed E-state index contributed by atoms with van der Waals surface area (Å²) in [6, 6.07) is 13.7. The number of hydrogen-bond acceptors (Lipinski definition) is 3. The third-order valence-electron chi connectivity index (χ3n) is 7.59. The summed E-state index contributed by atoms with van der Waals surface area (Å²) in [6.07, 6.45) is -0.572. The van der Waals surface area contributed by atoms with Gasteiger partial charge in [-0.25, -0.2) is 4.39 Å². The van der Waals surface area contributed by atoms with Crippen LogP contribution in [-0.4, -0.2) is 34.2 Å². The minimum atomic E-state index is -4.84. The number of halogens is 4. The molecule has 2 saturated carbocycles. The van der Waals surface area contributed by atoms with Gasteiger partial charge in [-0.2, -0.15) is 18.4 Å². The van der Waals surface area contributed by atoms with Crippen LogP contribution in [-0.2, 0) is 11.0 Å². The van der Waals surface area contributed by atoms with Gasteiger partial charge in [-0.1, -0.05) is 30.3 Å². The number of rotatable bonds is 6. The van der Waals surface area contributed by atoms with Crippen molar-refractivity contribution < 1.29 is 27.5 Å². The zero-order chi connectivity index (χ0) is 25.4. The average molecular weight is 489 g/mol. The van der Waals surface area contributed by atoms with Crippen molar-refractivity contribution in [3.05, 3.63) is 71.0 Å². The topological polar surface area (TPSA) is 64.3 Å². The summed E-state index contributed by atoms with van der Waals surface area (Å²) in [5, 5.41) is 19.4. The van der Waals surface area contributed by atoms with E-state index in [9.17, 15) is 32.7 Å². The maximum absolute atomic E-state index is 14.6. The van der Waals surface area contributed by atoms with Crippen LogP contribution in [0, 0.1) is 17.1 Å². The Labute approximate surface area is 202 Å². The number of nitriles is 1. The smallest absolute Gasteiger partial charge is 0.376 e. The van der Waals surface area contributed by atoms with Crippen molar-refractivity contribution in [2.24, 2.45) is 0 Å². The molecule has 0 aromatic heterocycles. The van der Waals surface area contributed by atoms with Gasteiger partial charge in [-0.3, -0.25) is 4.79 Å². The van der Waals surface area contributed by atoms with Gasteiger partial charge in [0.1, 0.15) is 5.82 Å². The molecule has 0 spiro atoms. The summed E-state index contributed by atoms with van der Waals surface area (Å²) >= 11 is 0. The second kappa shape index (κ2) is 9.27. The van der Waals surface area contributed by atoms with E-state index in [0.29, 0.717) is 38.2 Å². The Kier molecular flexibility index (Phi) is 6.67. The molecule has 1 N–H and O–H groups in total. The predicted octanol–water partition coefficient (Wildman–Crippen LogP) is 5.99. The number of nitrogens with zero attached hydrogens (tertiary/aromatic N) is 2. The Morgan fingerprint density at radius 2 is 1.63 bits per heavy atom. The summed E-state index contributed by atoms with van der Waals surface area (Å²) in [4.78, 5) is 15.3. The van der Waals surface area contributed by atoms with Gasteiger partial charge in [0.25, 0.3) is 5.91 Å². The number of benzene rings is 2. The molecule has 2 aromatic carbocycles. The largest absolute Gasteiger partial charge is 0.421 e. The van der Waals surface area contributed by atoms with Crippen LogP contribution < -0.4 is 0 Å². The highest BCUT2D eigenvalue weighted by atomic mass is 19.4. The van der Waals surface area contributed by atoms with Gasteiger partial charge >= 0.3 is 6.18 Å². The van der Waals surface area contributed by atoms with Gasteiger partial charge in [-0.15, -0.1) is 0 Å². The fourth-order valence-corrected chi connectivity index (χ4v) is 5.25. The maximum Gasteiger partial charge on any atom is 0.421 e. The fraction of sp³-hybridized carbons (Fsp3) is 0.481. The van der Waals surface area contributed by atoms with E-state index < -0.39 is 17.2 Å². The van der Waals surface area contributed by atoms with Gasteiger partial charge in [-0.05, 0) is 74.8 Å². The minimum absolute atomic E-state index is 0.0717. The van der Waals surface area contributed by atoms with E-state index in [4.69, 9.17) is 0 Å².